The molecule has 0 N–H and O–H groups in total. The molecule has 0 radical (unpaired) electrons. The van der Waals surface area contributed by atoms with Gasteiger partial charge in [0, 0.05) is 5.57 Å². The van der Waals surface area contributed by atoms with Crippen molar-refractivity contribution in [3.63, 3.8) is 0 Å². The monoisotopic (exact) mass is 263 g/mol. The Bertz CT molecular complexity index is 626. The molecule has 0 unspecified atom stereocenters. The van der Waals surface area contributed by atoms with Crippen molar-refractivity contribution in [3.8, 4) is 6.07 Å². The van der Waals surface area contributed by atoms with E-state index in [1.165, 1.54) is 7.11 Å². The van der Waals surface area contributed by atoms with E-state index in [0.29, 0.717) is 5.57 Å². The zero-order valence-electron chi connectivity index (χ0n) is 11.0. The molecule has 2 aromatic carbocycles. The second-order valence-electron chi connectivity index (χ2n) is 4.09. The van der Waals surface area contributed by atoms with E-state index in [0.717, 1.165) is 11.1 Å². The summed E-state index contributed by atoms with van der Waals surface area (Å²) in [6, 6.07) is 20.6. The summed E-state index contributed by atoms with van der Waals surface area (Å²) in [6.07, 6.45) is 0. The number of benzene rings is 2. The molecule has 3 heteroatoms. The van der Waals surface area contributed by atoms with Crippen molar-refractivity contribution in [2.45, 2.75) is 0 Å². The largest absolute Gasteiger partial charge is 0.465 e. The van der Waals surface area contributed by atoms with Crippen molar-refractivity contribution >= 4 is 11.5 Å². The summed E-state index contributed by atoms with van der Waals surface area (Å²) in [6.45, 7) is 0. The van der Waals surface area contributed by atoms with Crippen LogP contribution in [-0.2, 0) is 9.53 Å². The van der Waals surface area contributed by atoms with Crippen LogP contribution in [0, 0.1) is 11.3 Å². The minimum atomic E-state index is -0.629. The molecule has 0 atom stereocenters. The number of esters is 1. The first kappa shape index (κ1) is 13.6. The van der Waals surface area contributed by atoms with Crippen LogP contribution in [0.25, 0.3) is 5.57 Å². The van der Waals surface area contributed by atoms with E-state index in [2.05, 4.69) is 0 Å². The highest BCUT2D eigenvalue weighted by Gasteiger charge is 2.18. The predicted octanol–water partition coefficient (Wildman–Crippen LogP) is 3.19. The number of nitriles is 1. The Balaban J connectivity index is 2.71. The zero-order valence-corrected chi connectivity index (χ0v) is 11.0. The maximum Gasteiger partial charge on any atom is 0.349 e. The van der Waals surface area contributed by atoms with Crippen molar-refractivity contribution in [1.29, 1.82) is 5.26 Å². The van der Waals surface area contributed by atoms with E-state index in [4.69, 9.17) is 4.74 Å². The molecule has 0 bridgehead atoms. The summed E-state index contributed by atoms with van der Waals surface area (Å²) in [5.74, 6) is -0.629. The highest BCUT2D eigenvalue weighted by Crippen LogP contribution is 2.27. The lowest BCUT2D eigenvalue weighted by molar-refractivity contribution is -0.135. The van der Waals surface area contributed by atoms with Crippen molar-refractivity contribution in [2.24, 2.45) is 0 Å². The molecule has 0 aromatic heterocycles. The van der Waals surface area contributed by atoms with Gasteiger partial charge in [-0.2, -0.15) is 5.26 Å². The normalized spacial score (nSPS) is 9.40. The third kappa shape index (κ3) is 2.76. The number of nitrogens with zero attached hydrogens (tertiary/aromatic N) is 1. The van der Waals surface area contributed by atoms with Crippen LogP contribution in [0.5, 0.6) is 0 Å². The van der Waals surface area contributed by atoms with Crippen LogP contribution >= 0.6 is 0 Å². The van der Waals surface area contributed by atoms with Gasteiger partial charge in [-0.25, -0.2) is 4.79 Å². The third-order valence-corrected chi connectivity index (χ3v) is 2.88. The van der Waals surface area contributed by atoms with Crippen molar-refractivity contribution in [3.05, 3.63) is 77.4 Å². The summed E-state index contributed by atoms with van der Waals surface area (Å²) in [4.78, 5) is 11.8. The Morgan fingerprint density at radius 1 is 0.950 bits per heavy atom. The summed E-state index contributed by atoms with van der Waals surface area (Å²) in [7, 11) is 1.27. The first-order valence-electron chi connectivity index (χ1n) is 6.11. The average Bonchev–Trinajstić information content (AvgIpc) is 2.53. The minimum absolute atomic E-state index is 0.00454. The number of hydrogen-bond acceptors (Lipinski definition) is 3. The second-order valence-corrected chi connectivity index (χ2v) is 4.09. The number of rotatable bonds is 3. The molecule has 0 heterocycles. The highest BCUT2D eigenvalue weighted by molar-refractivity contribution is 6.05. The fourth-order valence-electron chi connectivity index (χ4n) is 1.97. The van der Waals surface area contributed by atoms with Gasteiger partial charge in [-0.15, -0.1) is 0 Å². The maximum atomic E-state index is 11.8. The molecule has 0 saturated carbocycles. The predicted molar refractivity (Wildman–Crippen MR) is 76.5 cm³/mol. The first-order valence-corrected chi connectivity index (χ1v) is 6.11. The van der Waals surface area contributed by atoms with Crippen LogP contribution in [0.1, 0.15) is 11.1 Å². The molecule has 0 aliphatic rings. The van der Waals surface area contributed by atoms with Gasteiger partial charge in [0.2, 0.25) is 0 Å². The average molecular weight is 263 g/mol. The summed E-state index contributed by atoms with van der Waals surface area (Å²) in [5.41, 5.74) is 2.20. The lowest BCUT2D eigenvalue weighted by Gasteiger charge is -2.10. The van der Waals surface area contributed by atoms with Gasteiger partial charge < -0.3 is 4.74 Å². The van der Waals surface area contributed by atoms with Crippen LogP contribution in [0.3, 0.4) is 0 Å². The van der Waals surface area contributed by atoms with E-state index < -0.39 is 5.97 Å². The number of carbonyl (C=O) groups is 1. The molecule has 2 rings (SSSR count). The first-order chi connectivity index (χ1) is 9.77. The van der Waals surface area contributed by atoms with Gasteiger partial charge in [0.15, 0.2) is 0 Å². The van der Waals surface area contributed by atoms with Crippen molar-refractivity contribution < 1.29 is 9.53 Å². The lowest BCUT2D eigenvalue weighted by atomic mass is 9.93. The molecule has 0 aliphatic carbocycles. The Morgan fingerprint density at radius 3 is 1.75 bits per heavy atom. The van der Waals surface area contributed by atoms with E-state index in [-0.39, 0.29) is 5.57 Å². The van der Waals surface area contributed by atoms with Crippen LogP contribution < -0.4 is 0 Å². The molecule has 0 saturated heterocycles. The van der Waals surface area contributed by atoms with Gasteiger partial charge in [0.05, 0.1) is 7.11 Å². The molecule has 20 heavy (non-hydrogen) atoms. The molecule has 0 amide bonds. The van der Waals surface area contributed by atoms with Gasteiger partial charge in [-0.1, -0.05) is 60.7 Å². The number of carbonyl (C=O) groups excluding carboxylic acids is 1. The van der Waals surface area contributed by atoms with Gasteiger partial charge in [-0.3, -0.25) is 0 Å². The number of hydrogen-bond donors (Lipinski definition) is 0. The van der Waals surface area contributed by atoms with E-state index >= 15 is 0 Å². The Hall–Kier alpha value is -2.86. The minimum Gasteiger partial charge on any atom is -0.465 e. The molecule has 0 aliphatic heterocycles. The third-order valence-electron chi connectivity index (χ3n) is 2.88. The van der Waals surface area contributed by atoms with Crippen molar-refractivity contribution in [2.75, 3.05) is 7.11 Å². The Labute approximate surface area is 117 Å². The smallest absolute Gasteiger partial charge is 0.349 e. The molecule has 2 aromatic rings. The van der Waals surface area contributed by atoms with Crippen LogP contribution in [0.2, 0.25) is 0 Å². The topological polar surface area (TPSA) is 50.1 Å². The molecule has 3 nitrogen and oxygen atoms in total. The van der Waals surface area contributed by atoms with Crippen LogP contribution in [0.4, 0.5) is 0 Å². The summed E-state index contributed by atoms with van der Waals surface area (Å²) >= 11 is 0. The van der Waals surface area contributed by atoms with E-state index in [9.17, 15) is 10.1 Å². The number of methoxy groups -OCH3 is 1. The van der Waals surface area contributed by atoms with E-state index in [1.54, 1.807) is 0 Å². The quantitative estimate of drug-likeness (QED) is 0.485. The Morgan fingerprint density at radius 2 is 1.40 bits per heavy atom. The van der Waals surface area contributed by atoms with Gasteiger partial charge in [0.25, 0.3) is 0 Å². The fourth-order valence-corrected chi connectivity index (χ4v) is 1.97. The highest BCUT2D eigenvalue weighted by atomic mass is 16.5. The zero-order chi connectivity index (χ0) is 14.4. The van der Waals surface area contributed by atoms with Gasteiger partial charge >= 0.3 is 5.97 Å². The van der Waals surface area contributed by atoms with Gasteiger partial charge in [-0.05, 0) is 11.1 Å². The standard InChI is InChI=1S/C17H13NO2/c1-20-17(19)15(12-18)16(13-8-4-2-5-9-13)14-10-6-3-7-11-14/h2-11H,1H3. The summed E-state index contributed by atoms with van der Waals surface area (Å²) < 4.78 is 4.71. The van der Waals surface area contributed by atoms with Crippen LogP contribution in [-0.4, -0.2) is 13.1 Å². The molecular formula is C17H13NO2. The molecule has 0 spiro atoms. The van der Waals surface area contributed by atoms with Gasteiger partial charge in [0.1, 0.15) is 11.6 Å². The second kappa shape index (κ2) is 6.35. The SMILES string of the molecule is COC(=O)C(C#N)=C(c1ccccc1)c1ccccc1. The maximum absolute atomic E-state index is 11.8. The fraction of sp³-hybridized carbons (Fsp3) is 0.0588. The Kier molecular flexibility index (Phi) is 4.31. The molecule has 98 valence electrons. The van der Waals surface area contributed by atoms with Crippen LogP contribution in [0.15, 0.2) is 66.2 Å². The molecular weight excluding hydrogens is 250 g/mol. The molecule has 0 fully saturated rings. The lowest BCUT2D eigenvalue weighted by Crippen LogP contribution is -2.07. The summed E-state index contributed by atoms with van der Waals surface area (Å²) in [5, 5.41) is 9.31. The van der Waals surface area contributed by atoms with E-state index in [1.807, 2.05) is 66.7 Å². The number of ether oxygens (including phenoxy) is 1. The van der Waals surface area contributed by atoms with Crippen molar-refractivity contribution in [1.82, 2.24) is 0 Å².